The van der Waals surface area contributed by atoms with E-state index >= 15 is 0 Å². The van der Waals surface area contributed by atoms with Crippen molar-refractivity contribution in [2.45, 2.75) is 38.1 Å². The standard InChI is InChI=1S/C31H37F3N8O4S2/c1-47(43,44)37-16-19-7-10-41(11-8-19)31-22-12-21(32)5-6-26(22)38-29(39-31)15-27(40-48(2,45)46)20-4-3-9-42(17-20)30-23-13-24(33)25(34)14-28(23)35-18-36-30/h5-6,12-14,18-20,27,37,40H,3-4,7-11,15-17H2,1-2H3. The molecule has 4 heterocycles. The highest BCUT2D eigenvalue weighted by Gasteiger charge is 2.32. The molecule has 12 nitrogen and oxygen atoms in total. The Morgan fingerprint density at radius 1 is 0.833 bits per heavy atom. The second kappa shape index (κ2) is 13.7. The fraction of sp³-hybridized carbons (Fsp3) is 0.484. The highest BCUT2D eigenvalue weighted by atomic mass is 32.2. The van der Waals surface area contributed by atoms with E-state index in [1.54, 1.807) is 6.07 Å². The monoisotopic (exact) mass is 706 g/mol. The Balaban J connectivity index is 1.28. The van der Waals surface area contributed by atoms with E-state index in [1.807, 2.05) is 9.80 Å². The first-order valence-electron chi connectivity index (χ1n) is 15.7. The molecule has 17 heteroatoms. The lowest BCUT2D eigenvalue weighted by molar-refractivity contribution is 0.326. The molecule has 0 spiro atoms. The quantitative estimate of drug-likeness (QED) is 0.252. The van der Waals surface area contributed by atoms with E-state index in [0.29, 0.717) is 92.2 Å². The molecule has 0 bridgehead atoms. The Bertz CT molecular complexity index is 2050. The van der Waals surface area contributed by atoms with Gasteiger partial charge in [0.15, 0.2) is 11.6 Å². The molecule has 2 aromatic carbocycles. The van der Waals surface area contributed by atoms with Crippen LogP contribution in [0.25, 0.3) is 21.8 Å². The van der Waals surface area contributed by atoms with Gasteiger partial charge in [-0.1, -0.05) is 0 Å². The minimum Gasteiger partial charge on any atom is -0.356 e. The van der Waals surface area contributed by atoms with E-state index in [1.165, 1.54) is 18.5 Å². The van der Waals surface area contributed by atoms with Crippen molar-refractivity contribution in [1.29, 1.82) is 0 Å². The molecule has 2 saturated heterocycles. The van der Waals surface area contributed by atoms with Crippen molar-refractivity contribution in [2.75, 3.05) is 55.0 Å². The van der Waals surface area contributed by atoms with Crippen LogP contribution in [0.4, 0.5) is 24.8 Å². The summed E-state index contributed by atoms with van der Waals surface area (Å²) in [6, 6.07) is 5.76. The van der Waals surface area contributed by atoms with Crippen LogP contribution in [0.5, 0.6) is 0 Å². The van der Waals surface area contributed by atoms with Crippen molar-refractivity contribution in [1.82, 2.24) is 29.4 Å². The second-order valence-corrected chi connectivity index (χ2v) is 16.3. The van der Waals surface area contributed by atoms with Crippen LogP contribution in [0.1, 0.15) is 31.5 Å². The zero-order valence-electron chi connectivity index (χ0n) is 26.5. The maximum atomic E-state index is 14.4. The van der Waals surface area contributed by atoms with Crippen molar-refractivity contribution in [3.05, 3.63) is 59.9 Å². The lowest BCUT2D eigenvalue weighted by Gasteiger charge is -2.38. The van der Waals surface area contributed by atoms with Gasteiger partial charge in [0.1, 0.15) is 29.6 Å². The summed E-state index contributed by atoms with van der Waals surface area (Å²) in [5.74, 6) is -1.19. The minimum absolute atomic E-state index is 0.139. The second-order valence-electron chi connectivity index (χ2n) is 12.7. The molecular weight excluding hydrogens is 670 g/mol. The number of sulfonamides is 2. The molecular formula is C31H37F3N8O4S2. The van der Waals surface area contributed by atoms with Gasteiger partial charge in [0, 0.05) is 62.0 Å². The lowest BCUT2D eigenvalue weighted by Crippen LogP contribution is -2.49. The summed E-state index contributed by atoms with van der Waals surface area (Å²) in [6.45, 7) is 2.42. The number of nitrogens with zero attached hydrogens (tertiary/aromatic N) is 6. The average molecular weight is 707 g/mol. The van der Waals surface area contributed by atoms with Gasteiger partial charge in [-0.05, 0) is 61.8 Å². The molecule has 2 unspecified atom stereocenters. The van der Waals surface area contributed by atoms with Crippen molar-refractivity contribution in [3.8, 4) is 0 Å². The molecule has 2 N–H and O–H groups in total. The molecule has 6 rings (SSSR count). The first-order valence-corrected chi connectivity index (χ1v) is 19.5. The Hall–Kier alpha value is -3.67. The molecule has 258 valence electrons. The van der Waals surface area contributed by atoms with Crippen LogP contribution in [0.15, 0.2) is 36.7 Å². The molecule has 0 radical (unpaired) electrons. The topological polar surface area (TPSA) is 150 Å². The fourth-order valence-corrected chi connectivity index (χ4v) is 8.04. The number of rotatable bonds is 10. The average Bonchev–Trinajstić information content (AvgIpc) is 3.03. The van der Waals surface area contributed by atoms with E-state index in [9.17, 15) is 30.0 Å². The summed E-state index contributed by atoms with van der Waals surface area (Å²) < 4.78 is 96.4. The number of piperidine rings is 2. The van der Waals surface area contributed by atoms with Gasteiger partial charge in [0.25, 0.3) is 0 Å². The van der Waals surface area contributed by atoms with E-state index in [-0.39, 0.29) is 23.8 Å². The summed E-state index contributed by atoms with van der Waals surface area (Å²) in [7, 11) is -6.98. The normalized spacial score (nSPS) is 18.9. The smallest absolute Gasteiger partial charge is 0.208 e. The summed E-state index contributed by atoms with van der Waals surface area (Å²) >= 11 is 0. The summed E-state index contributed by atoms with van der Waals surface area (Å²) in [5.41, 5.74) is 0.776. The molecule has 48 heavy (non-hydrogen) atoms. The number of anilines is 2. The van der Waals surface area contributed by atoms with Crippen molar-refractivity contribution >= 4 is 53.5 Å². The van der Waals surface area contributed by atoms with Crippen LogP contribution in [0.3, 0.4) is 0 Å². The van der Waals surface area contributed by atoms with Gasteiger partial charge in [0.2, 0.25) is 20.0 Å². The van der Waals surface area contributed by atoms with E-state index in [2.05, 4.69) is 19.4 Å². The molecule has 0 amide bonds. The first-order chi connectivity index (χ1) is 22.7. The van der Waals surface area contributed by atoms with Crippen LogP contribution in [-0.4, -0.2) is 88.0 Å². The molecule has 2 aliphatic rings. The molecule has 4 aromatic rings. The van der Waals surface area contributed by atoms with Crippen LogP contribution >= 0.6 is 0 Å². The zero-order valence-corrected chi connectivity index (χ0v) is 28.2. The van der Waals surface area contributed by atoms with Gasteiger partial charge in [0.05, 0.1) is 23.5 Å². The third kappa shape index (κ3) is 8.13. The van der Waals surface area contributed by atoms with Crippen LogP contribution in [0, 0.1) is 29.3 Å². The predicted octanol–water partition coefficient (Wildman–Crippen LogP) is 3.13. The molecule has 2 atom stereocenters. The number of halogens is 3. The number of hydrogen-bond donors (Lipinski definition) is 2. The zero-order chi connectivity index (χ0) is 34.2. The third-order valence-electron chi connectivity index (χ3n) is 8.98. The minimum atomic E-state index is -3.67. The number of hydrogen-bond acceptors (Lipinski definition) is 10. The van der Waals surface area contributed by atoms with E-state index in [0.717, 1.165) is 24.6 Å². The fourth-order valence-electron chi connectivity index (χ4n) is 6.68. The molecule has 2 fully saturated rings. The third-order valence-corrected chi connectivity index (χ3v) is 10.4. The van der Waals surface area contributed by atoms with Crippen molar-refractivity contribution in [2.24, 2.45) is 11.8 Å². The Morgan fingerprint density at radius 2 is 1.56 bits per heavy atom. The van der Waals surface area contributed by atoms with Crippen molar-refractivity contribution in [3.63, 3.8) is 0 Å². The van der Waals surface area contributed by atoms with Crippen LogP contribution < -0.4 is 19.2 Å². The van der Waals surface area contributed by atoms with Crippen LogP contribution in [-0.2, 0) is 26.5 Å². The van der Waals surface area contributed by atoms with Crippen LogP contribution in [0.2, 0.25) is 0 Å². The highest BCUT2D eigenvalue weighted by molar-refractivity contribution is 7.89. The van der Waals surface area contributed by atoms with E-state index in [4.69, 9.17) is 9.97 Å². The van der Waals surface area contributed by atoms with Gasteiger partial charge in [-0.15, -0.1) is 0 Å². The van der Waals surface area contributed by atoms with Gasteiger partial charge in [-0.25, -0.2) is 59.4 Å². The SMILES string of the molecule is CS(=O)(=O)NCC1CCN(c2nc(CC(NS(C)(=O)=O)C3CCCN(c4ncnc5cc(F)c(F)cc45)C3)nc3ccc(F)cc23)CC1. The Labute approximate surface area is 277 Å². The summed E-state index contributed by atoms with van der Waals surface area (Å²) in [5, 5.41) is 0.887. The maximum absolute atomic E-state index is 14.4. The Kier molecular flexibility index (Phi) is 9.75. The van der Waals surface area contributed by atoms with Gasteiger partial charge in [-0.2, -0.15) is 0 Å². The molecule has 2 aromatic heterocycles. The van der Waals surface area contributed by atoms with Gasteiger partial charge < -0.3 is 9.80 Å². The number of benzene rings is 2. The highest BCUT2D eigenvalue weighted by Crippen LogP contribution is 2.32. The van der Waals surface area contributed by atoms with Gasteiger partial charge >= 0.3 is 0 Å². The molecule has 0 aliphatic carbocycles. The number of fused-ring (bicyclic) bond motifs is 2. The van der Waals surface area contributed by atoms with E-state index < -0.39 is 43.5 Å². The first kappa shape index (κ1) is 34.2. The Morgan fingerprint density at radius 3 is 2.29 bits per heavy atom. The maximum Gasteiger partial charge on any atom is 0.208 e. The summed E-state index contributed by atoms with van der Waals surface area (Å²) in [6.07, 6.45) is 6.42. The molecule has 2 aliphatic heterocycles. The van der Waals surface area contributed by atoms with Crippen molar-refractivity contribution < 1.29 is 30.0 Å². The summed E-state index contributed by atoms with van der Waals surface area (Å²) in [4.78, 5) is 22.0. The number of aromatic nitrogens is 4. The molecule has 0 saturated carbocycles. The lowest BCUT2D eigenvalue weighted by atomic mass is 9.89. The number of nitrogens with one attached hydrogen (secondary N) is 2. The largest absolute Gasteiger partial charge is 0.356 e. The van der Waals surface area contributed by atoms with Gasteiger partial charge in [-0.3, -0.25) is 0 Å². The predicted molar refractivity (Wildman–Crippen MR) is 177 cm³/mol.